The number of hydrogen-bond acceptors (Lipinski definition) is 3. The number of aliphatic hydroxyl groups excluding tert-OH is 2. The number of amides is 1. The van der Waals surface area contributed by atoms with Crippen molar-refractivity contribution in [2.24, 2.45) is 0 Å². The smallest absolute Gasteiger partial charge is 0.220 e. The van der Waals surface area contributed by atoms with Crippen molar-refractivity contribution in [3.8, 4) is 0 Å². The Balaban J connectivity index is 3.65. The van der Waals surface area contributed by atoms with Gasteiger partial charge in [0.15, 0.2) is 0 Å². The van der Waals surface area contributed by atoms with Crippen molar-refractivity contribution >= 4 is 5.91 Å². The molecule has 0 heterocycles. The fourth-order valence-corrected chi connectivity index (χ4v) is 6.33. The zero-order valence-corrected chi connectivity index (χ0v) is 34.3. The van der Waals surface area contributed by atoms with Crippen LogP contribution in [0.5, 0.6) is 0 Å². The number of aliphatic hydroxyl groups is 2. The molecule has 0 aliphatic heterocycles. The van der Waals surface area contributed by atoms with Gasteiger partial charge in [0.2, 0.25) is 5.91 Å². The Labute approximate surface area is 323 Å². The summed E-state index contributed by atoms with van der Waals surface area (Å²) in [7, 11) is 0. The van der Waals surface area contributed by atoms with Gasteiger partial charge in [-0.05, 0) is 57.8 Å². The van der Waals surface area contributed by atoms with E-state index in [1.807, 2.05) is 6.08 Å². The second-order valence-electron chi connectivity index (χ2n) is 14.7. The molecule has 52 heavy (non-hydrogen) atoms. The minimum Gasteiger partial charge on any atom is -0.394 e. The first kappa shape index (κ1) is 49.8. The Bertz CT molecular complexity index is 915. The highest BCUT2D eigenvalue weighted by Crippen LogP contribution is 2.15. The van der Waals surface area contributed by atoms with Gasteiger partial charge in [0.05, 0.1) is 18.8 Å². The van der Waals surface area contributed by atoms with Crippen LogP contribution < -0.4 is 5.32 Å². The Hall–Kier alpha value is -2.17. The summed E-state index contributed by atoms with van der Waals surface area (Å²) in [5.41, 5.74) is 0. The van der Waals surface area contributed by atoms with Crippen LogP contribution in [0.2, 0.25) is 0 Å². The first-order valence-electron chi connectivity index (χ1n) is 22.2. The van der Waals surface area contributed by atoms with Crippen LogP contribution in [0.4, 0.5) is 0 Å². The number of carbonyl (C=O) groups is 1. The lowest BCUT2D eigenvalue weighted by Crippen LogP contribution is -2.45. The van der Waals surface area contributed by atoms with E-state index in [1.54, 1.807) is 6.08 Å². The minimum absolute atomic E-state index is 0.122. The third-order valence-corrected chi connectivity index (χ3v) is 9.70. The van der Waals surface area contributed by atoms with Crippen LogP contribution >= 0.6 is 0 Å². The molecule has 0 saturated heterocycles. The van der Waals surface area contributed by atoms with Crippen molar-refractivity contribution in [3.05, 3.63) is 72.9 Å². The molecule has 2 unspecified atom stereocenters. The lowest BCUT2D eigenvalue weighted by Gasteiger charge is -2.19. The van der Waals surface area contributed by atoms with Gasteiger partial charge >= 0.3 is 0 Å². The molecule has 0 aromatic carbocycles. The summed E-state index contributed by atoms with van der Waals surface area (Å²) < 4.78 is 0. The summed E-state index contributed by atoms with van der Waals surface area (Å²) in [5.74, 6) is -0.122. The maximum Gasteiger partial charge on any atom is 0.220 e. The van der Waals surface area contributed by atoms with Gasteiger partial charge in [-0.25, -0.2) is 0 Å². The van der Waals surface area contributed by atoms with Crippen molar-refractivity contribution < 1.29 is 15.0 Å². The van der Waals surface area contributed by atoms with E-state index >= 15 is 0 Å². The Morgan fingerprint density at radius 2 is 0.846 bits per heavy atom. The molecule has 2 atom stereocenters. The van der Waals surface area contributed by atoms with Crippen LogP contribution in [0, 0.1) is 0 Å². The fourth-order valence-electron chi connectivity index (χ4n) is 6.33. The van der Waals surface area contributed by atoms with Crippen molar-refractivity contribution in [1.82, 2.24) is 5.32 Å². The van der Waals surface area contributed by atoms with E-state index in [9.17, 15) is 15.0 Å². The monoisotopic (exact) mass is 724 g/mol. The number of rotatable bonds is 39. The molecule has 0 saturated carbocycles. The van der Waals surface area contributed by atoms with E-state index in [1.165, 1.54) is 128 Å². The average Bonchev–Trinajstić information content (AvgIpc) is 3.15. The SMILES string of the molecule is CC/C=C\C/C=C\C/C=C\C/C=C\C/C=C\CCCC(=O)NC(CO)C(O)/C=C/CCCCCCCCCCCCCCCCCCCCCCC. The summed E-state index contributed by atoms with van der Waals surface area (Å²) in [5, 5.41) is 23.0. The zero-order chi connectivity index (χ0) is 37.8. The lowest BCUT2D eigenvalue weighted by atomic mass is 10.0. The molecule has 3 N–H and O–H groups in total. The molecule has 1 amide bonds. The molecule has 0 aliphatic carbocycles. The van der Waals surface area contributed by atoms with Crippen LogP contribution in [0.15, 0.2) is 72.9 Å². The van der Waals surface area contributed by atoms with E-state index in [2.05, 4.69) is 79.9 Å². The molecule has 0 spiro atoms. The standard InChI is InChI=1S/C48H85NO3/c1-3-5-7-9-11-13-15-17-19-21-22-23-24-25-26-28-29-31-33-35-37-39-41-43-47(51)46(45-50)49-48(52)44-42-40-38-36-34-32-30-27-20-18-16-14-12-10-8-6-4-2/h6,8,12,14,18,20,30,32,36,38,41,43,46-47,50-51H,3-5,7,9-11,13,15-17,19,21-29,31,33-35,37,39-40,42,44-45H2,1-2H3,(H,49,52)/b8-6-,14-12-,20-18-,32-30-,38-36-,43-41+. The largest absolute Gasteiger partial charge is 0.394 e. The Kier molecular flexibility index (Phi) is 41.4. The van der Waals surface area contributed by atoms with Crippen molar-refractivity contribution in [1.29, 1.82) is 0 Å². The third kappa shape index (κ3) is 39.0. The molecule has 0 rings (SSSR count). The number of hydrogen-bond donors (Lipinski definition) is 3. The third-order valence-electron chi connectivity index (χ3n) is 9.70. The lowest BCUT2D eigenvalue weighted by molar-refractivity contribution is -0.122. The minimum atomic E-state index is -0.866. The predicted molar refractivity (Wildman–Crippen MR) is 230 cm³/mol. The second-order valence-corrected chi connectivity index (χ2v) is 14.7. The summed E-state index contributed by atoms with van der Waals surface area (Å²) in [6.45, 7) is 4.17. The first-order chi connectivity index (χ1) is 25.7. The molecule has 0 aromatic rings. The first-order valence-corrected chi connectivity index (χ1v) is 22.2. The maximum absolute atomic E-state index is 12.3. The normalized spacial score (nSPS) is 13.7. The summed E-state index contributed by atoms with van der Waals surface area (Å²) >= 11 is 0. The van der Waals surface area contributed by atoms with Crippen LogP contribution in [-0.2, 0) is 4.79 Å². The molecule has 4 nitrogen and oxygen atoms in total. The van der Waals surface area contributed by atoms with E-state index in [0.717, 1.165) is 57.8 Å². The van der Waals surface area contributed by atoms with E-state index in [0.29, 0.717) is 6.42 Å². The molecule has 300 valence electrons. The van der Waals surface area contributed by atoms with E-state index in [4.69, 9.17) is 0 Å². The van der Waals surface area contributed by atoms with Crippen molar-refractivity contribution in [2.45, 2.75) is 219 Å². The second kappa shape index (κ2) is 43.2. The molecular weight excluding hydrogens is 639 g/mol. The van der Waals surface area contributed by atoms with Gasteiger partial charge in [-0.2, -0.15) is 0 Å². The molecule has 0 fully saturated rings. The van der Waals surface area contributed by atoms with Gasteiger partial charge in [0.1, 0.15) is 0 Å². The average molecular weight is 724 g/mol. The summed E-state index contributed by atoms with van der Waals surface area (Å²) in [6.07, 6.45) is 61.6. The predicted octanol–water partition coefficient (Wildman–Crippen LogP) is 13.9. The topological polar surface area (TPSA) is 69.6 Å². The molecule has 4 heteroatoms. The number of carbonyl (C=O) groups excluding carboxylic acids is 1. The number of nitrogens with one attached hydrogen (secondary N) is 1. The van der Waals surface area contributed by atoms with Gasteiger partial charge < -0.3 is 15.5 Å². The van der Waals surface area contributed by atoms with Crippen LogP contribution in [0.3, 0.4) is 0 Å². The Morgan fingerprint density at radius 1 is 0.481 bits per heavy atom. The van der Waals surface area contributed by atoms with Gasteiger partial charge in [0.25, 0.3) is 0 Å². The fraction of sp³-hybridized carbons (Fsp3) is 0.729. The highest BCUT2D eigenvalue weighted by atomic mass is 16.3. The van der Waals surface area contributed by atoms with Gasteiger partial charge in [-0.3, -0.25) is 4.79 Å². The Morgan fingerprint density at radius 3 is 1.25 bits per heavy atom. The van der Waals surface area contributed by atoms with Crippen molar-refractivity contribution in [3.63, 3.8) is 0 Å². The highest BCUT2D eigenvalue weighted by molar-refractivity contribution is 5.76. The highest BCUT2D eigenvalue weighted by Gasteiger charge is 2.17. The molecule has 0 aliphatic rings. The maximum atomic E-state index is 12.3. The van der Waals surface area contributed by atoms with Crippen LogP contribution in [0.1, 0.15) is 206 Å². The van der Waals surface area contributed by atoms with Crippen LogP contribution in [0.25, 0.3) is 0 Å². The van der Waals surface area contributed by atoms with Gasteiger partial charge in [-0.15, -0.1) is 0 Å². The number of allylic oxidation sites excluding steroid dienone is 11. The van der Waals surface area contributed by atoms with Crippen molar-refractivity contribution in [2.75, 3.05) is 6.61 Å². The van der Waals surface area contributed by atoms with Gasteiger partial charge in [-0.1, -0.05) is 215 Å². The molecular formula is C48H85NO3. The van der Waals surface area contributed by atoms with E-state index < -0.39 is 12.1 Å². The zero-order valence-electron chi connectivity index (χ0n) is 34.3. The summed E-state index contributed by atoms with van der Waals surface area (Å²) in [4.78, 5) is 12.3. The number of unbranched alkanes of at least 4 members (excludes halogenated alkanes) is 22. The summed E-state index contributed by atoms with van der Waals surface area (Å²) in [6, 6.07) is -0.655. The molecule has 0 bridgehead atoms. The van der Waals surface area contributed by atoms with Gasteiger partial charge in [0, 0.05) is 6.42 Å². The van der Waals surface area contributed by atoms with Crippen LogP contribution in [-0.4, -0.2) is 34.9 Å². The quantitative estimate of drug-likeness (QED) is 0.0437. The van der Waals surface area contributed by atoms with E-state index in [-0.39, 0.29) is 12.5 Å². The molecule has 0 aromatic heterocycles. The molecule has 0 radical (unpaired) electrons.